The molecule has 1 heterocycles. The van der Waals surface area contributed by atoms with Crippen LogP contribution in [0.4, 0.5) is 5.95 Å². The van der Waals surface area contributed by atoms with Crippen LogP contribution in [0, 0.1) is 5.92 Å². The molecule has 0 saturated carbocycles. The van der Waals surface area contributed by atoms with Crippen LogP contribution in [0.25, 0.3) is 6.08 Å². The summed E-state index contributed by atoms with van der Waals surface area (Å²) < 4.78 is 0. The second-order valence-corrected chi connectivity index (χ2v) is 4.38. The fraction of sp³-hybridized carbons (Fsp3) is 0.385. The minimum atomic E-state index is -1.02. The monoisotopic (exact) mass is 278 g/mol. The fourth-order valence-corrected chi connectivity index (χ4v) is 1.60. The van der Waals surface area contributed by atoms with E-state index in [4.69, 9.17) is 5.11 Å². The van der Waals surface area contributed by atoms with E-state index in [1.165, 1.54) is 18.5 Å². The maximum atomic E-state index is 11.4. The number of hydrogen-bond acceptors (Lipinski definition) is 5. The summed E-state index contributed by atoms with van der Waals surface area (Å²) in [7, 11) is 3.39. The first-order chi connectivity index (χ1) is 9.43. The summed E-state index contributed by atoms with van der Waals surface area (Å²) in [5, 5.41) is 11.1. The smallest absolute Gasteiger partial charge is 0.328 e. The third-order valence-electron chi connectivity index (χ3n) is 2.66. The van der Waals surface area contributed by atoms with Crippen LogP contribution in [0.5, 0.6) is 0 Å². The molecule has 1 aromatic heterocycles. The summed E-state index contributed by atoms with van der Waals surface area (Å²) in [6.45, 7) is 2.31. The molecule has 0 saturated heterocycles. The summed E-state index contributed by atoms with van der Waals surface area (Å²) in [5.74, 6) is -0.767. The van der Waals surface area contributed by atoms with E-state index in [-0.39, 0.29) is 11.8 Å². The molecule has 0 aliphatic rings. The van der Waals surface area contributed by atoms with Crippen molar-refractivity contribution in [1.82, 2.24) is 15.3 Å². The van der Waals surface area contributed by atoms with Crippen LogP contribution in [0.15, 0.2) is 18.5 Å². The Kier molecular flexibility index (Phi) is 5.64. The first kappa shape index (κ1) is 15.6. The Morgan fingerprint density at radius 1 is 1.45 bits per heavy atom. The predicted octanol–water partition coefficient (Wildman–Crippen LogP) is 0.393. The van der Waals surface area contributed by atoms with E-state index in [1.807, 2.05) is 6.92 Å². The molecule has 0 spiro atoms. The summed E-state index contributed by atoms with van der Waals surface area (Å²) in [6, 6.07) is 0. The number of anilines is 1. The third-order valence-corrected chi connectivity index (χ3v) is 2.66. The fourth-order valence-electron chi connectivity index (χ4n) is 1.60. The molecule has 7 nitrogen and oxygen atoms in total. The molecule has 20 heavy (non-hydrogen) atoms. The molecule has 0 aromatic carbocycles. The van der Waals surface area contributed by atoms with E-state index in [2.05, 4.69) is 15.3 Å². The van der Waals surface area contributed by atoms with Crippen molar-refractivity contribution in [3.63, 3.8) is 0 Å². The molecule has 2 N–H and O–H groups in total. The van der Waals surface area contributed by atoms with Crippen molar-refractivity contribution < 1.29 is 14.7 Å². The van der Waals surface area contributed by atoms with E-state index in [1.54, 1.807) is 19.0 Å². The molecule has 1 amide bonds. The van der Waals surface area contributed by atoms with Crippen molar-refractivity contribution in [2.24, 2.45) is 5.92 Å². The average Bonchev–Trinajstić information content (AvgIpc) is 2.44. The summed E-state index contributed by atoms with van der Waals surface area (Å²) in [4.78, 5) is 31.9. The molecule has 0 aliphatic heterocycles. The second-order valence-electron chi connectivity index (χ2n) is 4.38. The Labute approximate surface area is 117 Å². The first-order valence-electron chi connectivity index (χ1n) is 6.09. The number of nitrogens with one attached hydrogen (secondary N) is 1. The Morgan fingerprint density at radius 3 is 2.55 bits per heavy atom. The molecular formula is C13H18N4O3. The van der Waals surface area contributed by atoms with Gasteiger partial charge in [-0.15, -0.1) is 0 Å². The lowest BCUT2D eigenvalue weighted by Crippen LogP contribution is -2.35. The quantitative estimate of drug-likeness (QED) is 0.731. The van der Waals surface area contributed by atoms with Gasteiger partial charge in [0.05, 0.1) is 5.92 Å². The average molecular weight is 278 g/mol. The van der Waals surface area contributed by atoms with Gasteiger partial charge in [0.2, 0.25) is 11.9 Å². The summed E-state index contributed by atoms with van der Waals surface area (Å²) >= 11 is 0. The van der Waals surface area contributed by atoms with Gasteiger partial charge in [-0.3, -0.25) is 4.79 Å². The van der Waals surface area contributed by atoms with Gasteiger partial charge in [-0.1, -0.05) is 6.92 Å². The minimum absolute atomic E-state index is 0.0436. The highest BCUT2D eigenvalue weighted by Crippen LogP contribution is 2.09. The van der Waals surface area contributed by atoms with Gasteiger partial charge in [0, 0.05) is 44.7 Å². The zero-order valence-electron chi connectivity index (χ0n) is 11.7. The predicted molar refractivity (Wildman–Crippen MR) is 75.2 cm³/mol. The maximum absolute atomic E-state index is 11.4. The number of nitrogens with zero attached hydrogens (tertiary/aromatic N) is 3. The SMILES string of the molecule is CNC(=O)C(C)CN(C)c1ncc(/C=C/C(=O)O)cn1. The van der Waals surface area contributed by atoms with E-state index < -0.39 is 5.97 Å². The lowest BCUT2D eigenvalue weighted by atomic mass is 10.1. The lowest BCUT2D eigenvalue weighted by Gasteiger charge is -2.20. The molecular weight excluding hydrogens is 260 g/mol. The Bertz CT molecular complexity index is 499. The highest BCUT2D eigenvalue weighted by molar-refractivity contribution is 5.85. The molecule has 0 aliphatic carbocycles. The molecule has 1 atom stereocenters. The number of carboxylic acids is 1. The van der Waals surface area contributed by atoms with Gasteiger partial charge < -0.3 is 15.3 Å². The molecule has 0 bridgehead atoms. The number of rotatable bonds is 6. The zero-order chi connectivity index (χ0) is 15.1. The molecule has 108 valence electrons. The summed E-state index contributed by atoms with van der Waals surface area (Å²) in [5.41, 5.74) is 0.601. The van der Waals surface area contributed by atoms with E-state index in [0.717, 1.165) is 6.08 Å². The zero-order valence-corrected chi connectivity index (χ0v) is 11.7. The van der Waals surface area contributed by atoms with E-state index >= 15 is 0 Å². The van der Waals surface area contributed by atoms with Gasteiger partial charge in [0.1, 0.15) is 0 Å². The third kappa shape index (κ3) is 4.68. The highest BCUT2D eigenvalue weighted by atomic mass is 16.4. The summed E-state index contributed by atoms with van der Waals surface area (Å²) in [6.07, 6.45) is 5.50. The van der Waals surface area contributed by atoms with Gasteiger partial charge in [-0.05, 0) is 6.08 Å². The van der Waals surface area contributed by atoms with Crippen LogP contribution < -0.4 is 10.2 Å². The van der Waals surface area contributed by atoms with Crippen molar-refractivity contribution in [3.8, 4) is 0 Å². The van der Waals surface area contributed by atoms with Gasteiger partial charge in [0.15, 0.2) is 0 Å². The van der Waals surface area contributed by atoms with E-state index in [9.17, 15) is 9.59 Å². The molecule has 0 fully saturated rings. The molecule has 1 unspecified atom stereocenters. The van der Waals surface area contributed by atoms with Crippen molar-refractivity contribution >= 4 is 23.9 Å². The lowest BCUT2D eigenvalue weighted by molar-refractivity contribution is -0.131. The van der Waals surface area contributed by atoms with Crippen molar-refractivity contribution in [1.29, 1.82) is 0 Å². The van der Waals surface area contributed by atoms with Crippen LogP contribution >= 0.6 is 0 Å². The second kappa shape index (κ2) is 7.22. The Balaban J connectivity index is 2.68. The van der Waals surface area contributed by atoms with Crippen LogP contribution in [-0.4, -0.2) is 47.6 Å². The van der Waals surface area contributed by atoms with Crippen LogP contribution in [-0.2, 0) is 9.59 Å². The number of hydrogen-bond donors (Lipinski definition) is 2. The number of carbonyl (C=O) groups excluding carboxylic acids is 1. The molecule has 0 radical (unpaired) electrons. The molecule has 7 heteroatoms. The van der Waals surface area contributed by atoms with Crippen molar-refractivity contribution in [3.05, 3.63) is 24.0 Å². The van der Waals surface area contributed by atoms with Gasteiger partial charge in [-0.25, -0.2) is 14.8 Å². The largest absolute Gasteiger partial charge is 0.478 e. The minimum Gasteiger partial charge on any atom is -0.478 e. The Hall–Kier alpha value is -2.44. The van der Waals surface area contributed by atoms with Crippen LogP contribution in [0.3, 0.4) is 0 Å². The number of carboxylic acid groups (broad SMARTS) is 1. The van der Waals surface area contributed by atoms with E-state index in [0.29, 0.717) is 18.1 Å². The van der Waals surface area contributed by atoms with Crippen molar-refractivity contribution in [2.45, 2.75) is 6.92 Å². The van der Waals surface area contributed by atoms with Crippen LogP contribution in [0.1, 0.15) is 12.5 Å². The molecule has 1 rings (SSSR count). The Morgan fingerprint density at radius 2 is 2.05 bits per heavy atom. The highest BCUT2D eigenvalue weighted by Gasteiger charge is 2.15. The normalized spacial score (nSPS) is 12.2. The van der Waals surface area contributed by atoms with Gasteiger partial charge in [0.25, 0.3) is 0 Å². The first-order valence-corrected chi connectivity index (χ1v) is 6.09. The number of aliphatic carboxylic acids is 1. The maximum Gasteiger partial charge on any atom is 0.328 e. The van der Waals surface area contributed by atoms with Crippen LogP contribution in [0.2, 0.25) is 0 Å². The molecule has 1 aromatic rings. The van der Waals surface area contributed by atoms with Gasteiger partial charge >= 0.3 is 5.97 Å². The van der Waals surface area contributed by atoms with Crippen molar-refractivity contribution in [2.75, 3.05) is 25.5 Å². The number of amides is 1. The number of carbonyl (C=O) groups is 2. The van der Waals surface area contributed by atoms with Gasteiger partial charge in [-0.2, -0.15) is 0 Å². The topological polar surface area (TPSA) is 95.4 Å². The number of aromatic nitrogens is 2. The standard InChI is InChI=1S/C13H18N4O3/c1-9(12(20)14-2)8-17(3)13-15-6-10(7-16-13)4-5-11(18)19/h4-7,9H,8H2,1-3H3,(H,14,20)(H,18,19)/b5-4+.